The average Bonchev–Trinajstić information content (AvgIpc) is 2.09. The van der Waals surface area contributed by atoms with Crippen molar-refractivity contribution >= 4 is 21.6 Å². The Balaban J connectivity index is 2.52. The minimum absolute atomic E-state index is 0.283. The third kappa shape index (κ3) is 1.50. The van der Waals surface area contributed by atoms with E-state index in [0.29, 0.717) is 16.8 Å². The Labute approximate surface area is 84.4 Å². The predicted octanol–water partition coefficient (Wildman–Crippen LogP) is 2.42. The Morgan fingerprint density at radius 3 is 3.08 bits per heavy atom. The van der Waals surface area contributed by atoms with Gasteiger partial charge in [-0.2, -0.15) is 0 Å². The lowest BCUT2D eigenvalue weighted by atomic mass is 10.2. The first kappa shape index (κ1) is 8.81. The molecule has 13 heavy (non-hydrogen) atoms. The van der Waals surface area contributed by atoms with Crippen LogP contribution in [-0.2, 0) is 0 Å². The van der Waals surface area contributed by atoms with Crippen molar-refractivity contribution in [1.29, 1.82) is 0 Å². The van der Waals surface area contributed by atoms with Gasteiger partial charge in [-0.3, -0.25) is 0 Å². The van der Waals surface area contributed by atoms with E-state index >= 15 is 0 Å². The molecular formula is C9H9BrFNO. The molecule has 1 aliphatic heterocycles. The number of nitrogens with zero attached hydrogens (tertiary/aromatic N) is 1. The fourth-order valence-electron chi connectivity index (χ4n) is 1.34. The molecular weight excluding hydrogens is 237 g/mol. The minimum atomic E-state index is -0.283. The van der Waals surface area contributed by atoms with Crippen LogP contribution in [0.5, 0.6) is 5.75 Å². The van der Waals surface area contributed by atoms with Crippen molar-refractivity contribution in [2.45, 2.75) is 0 Å². The maximum absolute atomic E-state index is 13.1. The van der Waals surface area contributed by atoms with E-state index in [0.717, 1.165) is 12.2 Å². The average molecular weight is 246 g/mol. The Morgan fingerprint density at radius 1 is 1.54 bits per heavy atom. The number of fused-ring (bicyclic) bond motifs is 1. The van der Waals surface area contributed by atoms with Crippen LogP contribution in [0.15, 0.2) is 16.6 Å². The molecule has 0 atom stereocenters. The molecule has 0 saturated heterocycles. The van der Waals surface area contributed by atoms with Gasteiger partial charge in [0.1, 0.15) is 18.2 Å². The molecule has 1 heterocycles. The topological polar surface area (TPSA) is 12.5 Å². The van der Waals surface area contributed by atoms with Crippen molar-refractivity contribution in [2.75, 3.05) is 25.1 Å². The zero-order valence-corrected chi connectivity index (χ0v) is 8.77. The number of rotatable bonds is 0. The first-order chi connectivity index (χ1) is 6.18. The molecule has 0 aliphatic carbocycles. The molecule has 0 fully saturated rings. The Morgan fingerprint density at radius 2 is 2.31 bits per heavy atom. The van der Waals surface area contributed by atoms with E-state index in [9.17, 15) is 4.39 Å². The second kappa shape index (κ2) is 3.18. The fraction of sp³-hybridized carbons (Fsp3) is 0.333. The Kier molecular flexibility index (Phi) is 2.15. The van der Waals surface area contributed by atoms with E-state index in [-0.39, 0.29) is 5.82 Å². The van der Waals surface area contributed by atoms with E-state index in [1.807, 2.05) is 11.9 Å². The number of benzene rings is 1. The van der Waals surface area contributed by atoms with Gasteiger partial charge in [0, 0.05) is 13.1 Å². The molecule has 0 N–H and O–H groups in total. The van der Waals surface area contributed by atoms with Crippen LogP contribution < -0.4 is 9.64 Å². The van der Waals surface area contributed by atoms with Crippen molar-refractivity contribution in [1.82, 2.24) is 0 Å². The molecule has 2 rings (SSSR count). The van der Waals surface area contributed by atoms with Crippen LogP contribution in [0.2, 0.25) is 0 Å². The number of anilines is 1. The third-order valence-corrected chi connectivity index (χ3v) is 2.71. The summed E-state index contributed by atoms with van der Waals surface area (Å²) in [6, 6.07) is 3.15. The minimum Gasteiger partial charge on any atom is -0.489 e. The molecule has 0 saturated carbocycles. The molecule has 2 nitrogen and oxygen atoms in total. The number of likely N-dealkylation sites (N-methyl/N-ethyl adjacent to an activating group) is 1. The molecule has 1 aromatic carbocycles. The summed E-state index contributed by atoms with van der Waals surface area (Å²) in [6.45, 7) is 1.45. The van der Waals surface area contributed by atoms with Gasteiger partial charge in [0.2, 0.25) is 0 Å². The highest BCUT2D eigenvalue weighted by Gasteiger charge is 2.16. The molecule has 0 radical (unpaired) electrons. The molecule has 0 amide bonds. The highest BCUT2D eigenvalue weighted by atomic mass is 79.9. The van der Waals surface area contributed by atoms with Crippen molar-refractivity contribution in [3.8, 4) is 5.75 Å². The van der Waals surface area contributed by atoms with Gasteiger partial charge in [-0.25, -0.2) is 4.39 Å². The van der Waals surface area contributed by atoms with Gasteiger partial charge in [-0.1, -0.05) is 0 Å². The van der Waals surface area contributed by atoms with E-state index < -0.39 is 0 Å². The maximum atomic E-state index is 13.1. The van der Waals surface area contributed by atoms with Crippen LogP contribution in [0.4, 0.5) is 10.1 Å². The summed E-state index contributed by atoms with van der Waals surface area (Å²) < 4.78 is 18.9. The number of hydrogen-bond acceptors (Lipinski definition) is 2. The number of ether oxygens (including phenoxy) is 1. The van der Waals surface area contributed by atoms with E-state index in [4.69, 9.17) is 4.74 Å². The maximum Gasteiger partial charge on any atom is 0.145 e. The van der Waals surface area contributed by atoms with Crippen LogP contribution in [0, 0.1) is 5.82 Å². The molecule has 4 heteroatoms. The van der Waals surface area contributed by atoms with E-state index in [2.05, 4.69) is 15.9 Å². The monoisotopic (exact) mass is 245 g/mol. The first-order valence-electron chi connectivity index (χ1n) is 4.01. The lowest BCUT2D eigenvalue weighted by Crippen LogP contribution is -2.28. The second-order valence-electron chi connectivity index (χ2n) is 3.00. The van der Waals surface area contributed by atoms with Gasteiger partial charge in [-0.15, -0.1) is 0 Å². The smallest absolute Gasteiger partial charge is 0.145 e. The Bertz CT molecular complexity index is 343. The van der Waals surface area contributed by atoms with Crippen LogP contribution in [0.1, 0.15) is 0 Å². The Hall–Kier alpha value is -0.770. The summed E-state index contributed by atoms with van der Waals surface area (Å²) in [5.41, 5.74) is 0.930. The highest BCUT2D eigenvalue weighted by Crippen LogP contribution is 2.34. The summed E-state index contributed by atoms with van der Waals surface area (Å²) in [6.07, 6.45) is 0. The van der Waals surface area contributed by atoms with Gasteiger partial charge in [0.15, 0.2) is 0 Å². The summed E-state index contributed by atoms with van der Waals surface area (Å²) in [5.74, 6) is 0.337. The molecule has 1 aliphatic rings. The summed E-state index contributed by atoms with van der Waals surface area (Å²) in [7, 11) is 1.96. The summed E-state index contributed by atoms with van der Waals surface area (Å²) >= 11 is 3.14. The van der Waals surface area contributed by atoms with Crippen LogP contribution in [0.3, 0.4) is 0 Å². The van der Waals surface area contributed by atoms with Gasteiger partial charge >= 0.3 is 0 Å². The van der Waals surface area contributed by atoms with Crippen LogP contribution >= 0.6 is 15.9 Å². The number of halogens is 2. The van der Waals surface area contributed by atoms with Gasteiger partial charge in [-0.05, 0) is 22.0 Å². The van der Waals surface area contributed by atoms with E-state index in [1.165, 1.54) is 6.07 Å². The van der Waals surface area contributed by atoms with Crippen molar-refractivity contribution in [2.24, 2.45) is 0 Å². The largest absolute Gasteiger partial charge is 0.489 e. The summed E-state index contributed by atoms with van der Waals surface area (Å²) in [4.78, 5) is 2.04. The quantitative estimate of drug-likeness (QED) is 0.697. The predicted molar refractivity (Wildman–Crippen MR) is 52.9 cm³/mol. The SMILES string of the molecule is CN1CCOc2cc(F)c(Br)cc21. The molecule has 0 aromatic heterocycles. The van der Waals surface area contributed by atoms with Crippen molar-refractivity contribution in [3.05, 3.63) is 22.4 Å². The lowest BCUT2D eigenvalue weighted by molar-refractivity contribution is 0.309. The highest BCUT2D eigenvalue weighted by molar-refractivity contribution is 9.10. The normalized spacial score (nSPS) is 15.2. The first-order valence-corrected chi connectivity index (χ1v) is 4.81. The molecule has 0 spiro atoms. The standard InChI is InChI=1S/C9H9BrFNO/c1-12-2-3-13-9-5-7(11)6(10)4-8(9)12/h4-5H,2-3H2,1H3. The second-order valence-corrected chi connectivity index (χ2v) is 3.86. The van der Waals surface area contributed by atoms with Crippen LogP contribution in [0.25, 0.3) is 0 Å². The van der Waals surface area contributed by atoms with Gasteiger partial charge in [0.05, 0.1) is 16.7 Å². The van der Waals surface area contributed by atoms with E-state index in [1.54, 1.807) is 6.07 Å². The van der Waals surface area contributed by atoms with Gasteiger partial charge in [0.25, 0.3) is 0 Å². The molecule has 1 aromatic rings. The molecule has 0 bridgehead atoms. The number of hydrogen-bond donors (Lipinski definition) is 0. The molecule has 0 unspecified atom stereocenters. The van der Waals surface area contributed by atoms with Gasteiger partial charge < -0.3 is 9.64 Å². The zero-order valence-electron chi connectivity index (χ0n) is 7.18. The third-order valence-electron chi connectivity index (χ3n) is 2.10. The fourth-order valence-corrected chi connectivity index (χ4v) is 1.68. The van der Waals surface area contributed by atoms with Crippen LogP contribution in [-0.4, -0.2) is 20.2 Å². The van der Waals surface area contributed by atoms with Crippen molar-refractivity contribution in [3.63, 3.8) is 0 Å². The summed E-state index contributed by atoms with van der Waals surface area (Å²) in [5, 5.41) is 0. The lowest BCUT2D eigenvalue weighted by Gasteiger charge is -2.27. The van der Waals surface area contributed by atoms with Crippen molar-refractivity contribution < 1.29 is 9.13 Å². The molecule has 70 valence electrons. The zero-order chi connectivity index (χ0) is 9.42.